The SMILES string of the molecule is CN1C(=O)N(c2ncccn2)CC1C(=O)NCc1ccc(F)cc1Cl. The van der Waals surface area contributed by atoms with Crippen LogP contribution < -0.4 is 10.2 Å². The highest BCUT2D eigenvalue weighted by Gasteiger charge is 2.40. The largest absolute Gasteiger partial charge is 0.350 e. The first-order chi connectivity index (χ1) is 12.0. The summed E-state index contributed by atoms with van der Waals surface area (Å²) in [6.45, 7) is 0.278. The van der Waals surface area contributed by atoms with Crippen molar-refractivity contribution >= 4 is 29.5 Å². The molecule has 0 saturated carbocycles. The molecule has 3 rings (SSSR count). The Balaban J connectivity index is 1.67. The summed E-state index contributed by atoms with van der Waals surface area (Å²) in [6, 6.07) is 4.56. The van der Waals surface area contributed by atoms with Crippen LogP contribution >= 0.6 is 11.6 Å². The number of anilines is 1. The Hall–Kier alpha value is -2.74. The molecule has 3 amide bonds. The van der Waals surface area contributed by atoms with Crippen molar-refractivity contribution in [2.24, 2.45) is 0 Å². The molecular weight excluding hydrogens is 349 g/mol. The van der Waals surface area contributed by atoms with Crippen molar-refractivity contribution in [2.45, 2.75) is 12.6 Å². The van der Waals surface area contributed by atoms with Crippen molar-refractivity contribution < 1.29 is 14.0 Å². The van der Waals surface area contributed by atoms with Crippen LogP contribution in [0.5, 0.6) is 0 Å². The number of hydrogen-bond donors (Lipinski definition) is 1. The Morgan fingerprint density at radius 1 is 1.40 bits per heavy atom. The zero-order valence-corrected chi connectivity index (χ0v) is 14.1. The van der Waals surface area contributed by atoms with Gasteiger partial charge in [0.1, 0.15) is 11.9 Å². The van der Waals surface area contributed by atoms with Crippen molar-refractivity contribution in [1.82, 2.24) is 20.2 Å². The Kier molecular flexibility index (Phi) is 4.80. The van der Waals surface area contributed by atoms with Gasteiger partial charge in [0, 0.05) is 31.0 Å². The molecule has 1 aromatic carbocycles. The number of rotatable bonds is 4. The van der Waals surface area contributed by atoms with Crippen LogP contribution in [0.4, 0.5) is 15.1 Å². The summed E-state index contributed by atoms with van der Waals surface area (Å²) < 4.78 is 13.1. The molecular formula is C16H15ClFN5O2. The highest BCUT2D eigenvalue weighted by Crippen LogP contribution is 2.20. The van der Waals surface area contributed by atoms with E-state index in [2.05, 4.69) is 15.3 Å². The molecule has 1 saturated heterocycles. The molecule has 0 aliphatic carbocycles. The highest BCUT2D eigenvalue weighted by atomic mass is 35.5. The minimum absolute atomic E-state index is 0.137. The van der Waals surface area contributed by atoms with Crippen LogP contribution in [-0.2, 0) is 11.3 Å². The van der Waals surface area contributed by atoms with Gasteiger partial charge >= 0.3 is 6.03 Å². The second kappa shape index (κ2) is 7.02. The van der Waals surface area contributed by atoms with E-state index in [-0.39, 0.29) is 36.0 Å². The summed E-state index contributed by atoms with van der Waals surface area (Å²) in [5.41, 5.74) is 0.589. The van der Waals surface area contributed by atoms with Gasteiger partial charge in [-0.3, -0.25) is 9.69 Å². The van der Waals surface area contributed by atoms with Crippen molar-refractivity contribution in [3.8, 4) is 0 Å². The monoisotopic (exact) mass is 363 g/mol. The van der Waals surface area contributed by atoms with Gasteiger partial charge in [-0.1, -0.05) is 17.7 Å². The second-order valence-corrected chi connectivity index (χ2v) is 5.93. The van der Waals surface area contributed by atoms with Gasteiger partial charge in [0.25, 0.3) is 0 Å². The van der Waals surface area contributed by atoms with Gasteiger partial charge in [-0.15, -0.1) is 0 Å². The summed E-state index contributed by atoms with van der Waals surface area (Å²) in [4.78, 5) is 35.5. The van der Waals surface area contributed by atoms with E-state index < -0.39 is 11.9 Å². The fraction of sp³-hybridized carbons (Fsp3) is 0.250. The average Bonchev–Trinajstić information content (AvgIpc) is 2.90. The van der Waals surface area contributed by atoms with E-state index in [1.54, 1.807) is 13.1 Å². The minimum atomic E-state index is -0.685. The number of nitrogens with zero attached hydrogens (tertiary/aromatic N) is 4. The Morgan fingerprint density at radius 3 is 2.80 bits per heavy atom. The van der Waals surface area contributed by atoms with Gasteiger partial charge in [0.05, 0.1) is 6.54 Å². The molecule has 1 fully saturated rings. The van der Waals surface area contributed by atoms with Crippen LogP contribution in [0.25, 0.3) is 0 Å². The van der Waals surface area contributed by atoms with Gasteiger partial charge in [0.15, 0.2) is 0 Å². The number of carbonyl (C=O) groups excluding carboxylic acids is 2. The predicted octanol–water partition coefficient (Wildman–Crippen LogP) is 1.83. The normalized spacial score (nSPS) is 17.1. The van der Waals surface area contributed by atoms with E-state index in [4.69, 9.17) is 11.6 Å². The molecule has 2 aromatic rings. The summed E-state index contributed by atoms with van der Waals surface area (Å²) in [6.07, 6.45) is 3.05. The number of likely N-dealkylation sites (N-methyl/N-ethyl adjacent to an activating group) is 1. The summed E-state index contributed by atoms with van der Waals surface area (Å²) >= 11 is 5.95. The van der Waals surface area contributed by atoms with Gasteiger partial charge in [-0.25, -0.2) is 19.2 Å². The molecule has 2 heterocycles. The van der Waals surface area contributed by atoms with E-state index in [9.17, 15) is 14.0 Å². The first-order valence-electron chi connectivity index (χ1n) is 7.50. The van der Waals surface area contributed by atoms with E-state index >= 15 is 0 Å². The molecule has 0 radical (unpaired) electrons. The molecule has 0 spiro atoms. The smallest absolute Gasteiger partial charge is 0.327 e. The summed E-state index contributed by atoms with van der Waals surface area (Å²) in [5, 5.41) is 2.95. The molecule has 1 N–H and O–H groups in total. The second-order valence-electron chi connectivity index (χ2n) is 5.52. The lowest BCUT2D eigenvalue weighted by atomic mass is 10.2. The molecule has 9 heteroatoms. The highest BCUT2D eigenvalue weighted by molar-refractivity contribution is 6.31. The van der Waals surface area contributed by atoms with E-state index in [0.717, 1.165) is 0 Å². The maximum Gasteiger partial charge on any atom is 0.327 e. The van der Waals surface area contributed by atoms with Crippen LogP contribution in [0.3, 0.4) is 0 Å². The van der Waals surface area contributed by atoms with Crippen LogP contribution in [0.2, 0.25) is 5.02 Å². The van der Waals surface area contributed by atoms with Gasteiger partial charge in [-0.2, -0.15) is 0 Å². The number of amides is 3. The third-order valence-corrected chi connectivity index (χ3v) is 4.27. The fourth-order valence-electron chi connectivity index (χ4n) is 2.52. The molecule has 0 bridgehead atoms. The molecule has 130 valence electrons. The van der Waals surface area contributed by atoms with Crippen LogP contribution in [0.15, 0.2) is 36.7 Å². The van der Waals surface area contributed by atoms with Crippen molar-refractivity contribution in [2.75, 3.05) is 18.5 Å². The number of carbonyl (C=O) groups is 2. The number of benzene rings is 1. The third-order valence-electron chi connectivity index (χ3n) is 3.92. The summed E-state index contributed by atoms with van der Waals surface area (Å²) in [7, 11) is 1.54. The maximum absolute atomic E-state index is 13.1. The van der Waals surface area contributed by atoms with Gasteiger partial charge in [0.2, 0.25) is 11.9 Å². The Labute approximate surface area is 148 Å². The average molecular weight is 364 g/mol. The standard InChI is InChI=1S/C16H15ClFN5O2/c1-22-13(9-23(16(22)25)15-19-5-2-6-20-15)14(24)21-8-10-3-4-11(18)7-12(10)17/h2-7,13H,8-9H2,1H3,(H,21,24). The lowest BCUT2D eigenvalue weighted by Gasteiger charge is -2.17. The molecule has 1 aliphatic heterocycles. The fourth-order valence-corrected chi connectivity index (χ4v) is 2.75. The van der Waals surface area contributed by atoms with Crippen molar-refractivity contribution in [1.29, 1.82) is 0 Å². The Morgan fingerprint density at radius 2 is 2.12 bits per heavy atom. The van der Waals surface area contributed by atoms with E-state index in [1.165, 1.54) is 40.4 Å². The lowest BCUT2D eigenvalue weighted by Crippen LogP contribution is -2.43. The molecule has 1 aromatic heterocycles. The quantitative estimate of drug-likeness (QED) is 0.898. The Bertz CT molecular complexity index is 804. The molecule has 1 unspecified atom stereocenters. The number of nitrogens with one attached hydrogen (secondary N) is 1. The van der Waals surface area contributed by atoms with Crippen LogP contribution in [-0.4, -0.2) is 46.4 Å². The number of urea groups is 1. The van der Waals surface area contributed by atoms with E-state index in [0.29, 0.717) is 5.56 Å². The number of halogens is 2. The van der Waals surface area contributed by atoms with Crippen molar-refractivity contribution in [3.63, 3.8) is 0 Å². The molecule has 25 heavy (non-hydrogen) atoms. The minimum Gasteiger partial charge on any atom is -0.350 e. The van der Waals surface area contributed by atoms with E-state index in [1.807, 2.05) is 0 Å². The maximum atomic E-state index is 13.1. The molecule has 1 atom stereocenters. The van der Waals surface area contributed by atoms with Crippen LogP contribution in [0.1, 0.15) is 5.56 Å². The van der Waals surface area contributed by atoms with Gasteiger partial charge in [-0.05, 0) is 23.8 Å². The van der Waals surface area contributed by atoms with Crippen molar-refractivity contribution in [3.05, 3.63) is 53.1 Å². The zero-order chi connectivity index (χ0) is 18.0. The number of aromatic nitrogens is 2. The summed E-state index contributed by atoms with van der Waals surface area (Å²) in [5.74, 6) is -0.536. The lowest BCUT2D eigenvalue weighted by molar-refractivity contribution is -0.124. The predicted molar refractivity (Wildman–Crippen MR) is 89.6 cm³/mol. The molecule has 7 nitrogen and oxygen atoms in total. The third kappa shape index (κ3) is 3.53. The van der Waals surface area contributed by atoms with Gasteiger partial charge < -0.3 is 10.2 Å². The zero-order valence-electron chi connectivity index (χ0n) is 13.3. The first kappa shape index (κ1) is 17.1. The molecule has 1 aliphatic rings. The topological polar surface area (TPSA) is 78.4 Å². The number of hydrogen-bond acceptors (Lipinski definition) is 4. The first-order valence-corrected chi connectivity index (χ1v) is 7.88. The van der Waals surface area contributed by atoms with Crippen LogP contribution in [0, 0.1) is 5.82 Å².